The van der Waals surface area contributed by atoms with Crippen molar-refractivity contribution in [3.8, 4) is 0 Å². The number of anilines is 2. The van der Waals surface area contributed by atoms with Crippen LogP contribution in [-0.4, -0.2) is 41.4 Å². The van der Waals surface area contributed by atoms with E-state index in [0.717, 1.165) is 0 Å². The van der Waals surface area contributed by atoms with Crippen molar-refractivity contribution < 1.29 is 22.7 Å². The average Bonchev–Trinajstić information content (AvgIpc) is 2.84. The van der Waals surface area contributed by atoms with E-state index >= 15 is 0 Å². The van der Waals surface area contributed by atoms with Gasteiger partial charge >= 0.3 is 5.97 Å². The Balaban J connectivity index is 1.40. The Hall–Kier alpha value is -4.38. The molecule has 1 atom stereocenters. The van der Waals surface area contributed by atoms with E-state index in [9.17, 15) is 18.0 Å². The lowest BCUT2D eigenvalue weighted by Crippen LogP contribution is -2.30. The molecule has 2 N–H and O–H groups in total. The van der Waals surface area contributed by atoms with Crippen molar-refractivity contribution in [2.45, 2.75) is 17.9 Å². The van der Waals surface area contributed by atoms with Crippen molar-refractivity contribution >= 4 is 44.4 Å². The van der Waals surface area contributed by atoms with Crippen LogP contribution in [0.25, 0.3) is 11.0 Å². The quantitative estimate of drug-likeness (QED) is 0.387. The van der Waals surface area contributed by atoms with Crippen LogP contribution in [0.1, 0.15) is 17.3 Å². The van der Waals surface area contributed by atoms with Crippen molar-refractivity contribution in [1.29, 1.82) is 0 Å². The molecule has 1 amide bonds. The van der Waals surface area contributed by atoms with Crippen LogP contribution in [0.4, 0.5) is 11.5 Å². The van der Waals surface area contributed by atoms with Crippen LogP contribution in [0.15, 0.2) is 84.1 Å². The smallest absolute Gasteiger partial charge is 0.341 e. The number of aromatic nitrogens is 3. The number of fused-ring (bicyclic) bond motifs is 1. The summed E-state index contributed by atoms with van der Waals surface area (Å²) in [4.78, 5) is 37.3. The Morgan fingerprint density at radius 3 is 2.38 bits per heavy atom. The van der Waals surface area contributed by atoms with Crippen LogP contribution in [0.5, 0.6) is 0 Å². The predicted molar refractivity (Wildman–Crippen MR) is 125 cm³/mol. The van der Waals surface area contributed by atoms with Gasteiger partial charge in [-0.3, -0.25) is 19.5 Å². The number of ether oxygens (including phenoxy) is 1. The van der Waals surface area contributed by atoms with Gasteiger partial charge in [0.2, 0.25) is 0 Å². The van der Waals surface area contributed by atoms with E-state index in [1.165, 1.54) is 55.8 Å². The minimum atomic E-state index is -3.84. The number of hydrogen-bond donors (Lipinski definition) is 2. The fourth-order valence-electron chi connectivity index (χ4n) is 3.02. The molecule has 2 aromatic heterocycles. The van der Waals surface area contributed by atoms with Crippen molar-refractivity contribution in [2.24, 2.45) is 0 Å². The molecule has 1 unspecified atom stereocenters. The molecule has 0 aliphatic carbocycles. The number of nitrogens with zero attached hydrogens (tertiary/aromatic N) is 3. The summed E-state index contributed by atoms with van der Waals surface area (Å²) in [5.74, 6) is -1.11. The largest absolute Gasteiger partial charge is 0.449 e. The van der Waals surface area contributed by atoms with Crippen LogP contribution in [0.2, 0.25) is 0 Å². The summed E-state index contributed by atoms with van der Waals surface area (Å²) in [6.07, 6.45) is 3.33. The lowest BCUT2D eigenvalue weighted by molar-refractivity contribution is -0.123. The summed E-state index contributed by atoms with van der Waals surface area (Å²) in [5.41, 5.74) is 1.43. The molecule has 2 heterocycles. The zero-order valence-corrected chi connectivity index (χ0v) is 18.7. The SMILES string of the molecule is CC(OC(=O)c1cccc2nccnc12)C(=O)Nc1ccc(S(=O)(=O)Nc2ccccn2)cc1. The van der Waals surface area contributed by atoms with Gasteiger partial charge in [0, 0.05) is 24.3 Å². The molecule has 172 valence electrons. The number of esters is 1. The van der Waals surface area contributed by atoms with E-state index in [1.807, 2.05) is 0 Å². The van der Waals surface area contributed by atoms with E-state index in [-0.39, 0.29) is 16.3 Å². The Morgan fingerprint density at radius 1 is 0.882 bits per heavy atom. The Labute approximate surface area is 195 Å². The van der Waals surface area contributed by atoms with Gasteiger partial charge in [-0.05, 0) is 55.5 Å². The minimum Gasteiger partial charge on any atom is -0.449 e. The molecular weight excluding hydrogens is 458 g/mol. The van der Waals surface area contributed by atoms with Crippen molar-refractivity contribution in [1.82, 2.24) is 15.0 Å². The van der Waals surface area contributed by atoms with Gasteiger partial charge in [0.05, 0.1) is 16.0 Å². The molecule has 0 saturated carbocycles. The Bertz CT molecular complexity index is 1440. The van der Waals surface area contributed by atoms with Gasteiger partial charge in [0.15, 0.2) is 6.10 Å². The molecule has 10 nitrogen and oxygen atoms in total. The second-order valence-electron chi connectivity index (χ2n) is 7.11. The Morgan fingerprint density at radius 2 is 1.65 bits per heavy atom. The fourth-order valence-corrected chi connectivity index (χ4v) is 4.02. The number of nitrogens with one attached hydrogen (secondary N) is 2. The highest BCUT2D eigenvalue weighted by Crippen LogP contribution is 2.18. The first kappa shape index (κ1) is 22.8. The first-order valence-corrected chi connectivity index (χ1v) is 11.6. The van der Waals surface area contributed by atoms with Gasteiger partial charge < -0.3 is 10.1 Å². The number of carbonyl (C=O) groups excluding carboxylic acids is 2. The molecule has 0 saturated heterocycles. The zero-order chi connectivity index (χ0) is 24.1. The molecule has 2 aromatic carbocycles. The van der Waals surface area contributed by atoms with E-state index in [2.05, 4.69) is 25.0 Å². The minimum absolute atomic E-state index is 0.00677. The monoisotopic (exact) mass is 477 g/mol. The maximum absolute atomic E-state index is 12.6. The van der Waals surface area contributed by atoms with Gasteiger partial charge in [0.1, 0.15) is 11.3 Å². The van der Waals surface area contributed by atoms with Crippen LogP contribution in [-0.2, 0) is 19.6 Å². The molecule has 0 aliphatic rings. The second-order valence-corrected chi connectivity index (χ2v) is 8.79. The van der Waals surface area contributed by atoms with Gasteiger partial charge in [-0.25, -0.2) is 18.2 Å². The van der Waals surface area contributed by atoms with Crippen molar-refractivity contribution in [2.75, 3.05) is 10.0 Å². The standard InChI is InChI=1S/C23H19N5O5S/c1-15(33-23(30)18-5-4-6-19-21(18)26-14-13-24-19)22(29)27-16-8-10-17(11-9-16)34(31,32)28-20-7-2-3-12-25-20/h2-15H,1H3,(H,25,28)(H,27,29). The van der Waals surface area contributed by atoms with Crippen molar-refractivity contribution in [3.63, 3.8) is 0 Å². The molecule has 0 spiro atoms. The van der Waals surface area contributed by atoms with E-state index in [1.54, 1.807) is 30.3 Å². The van der Waals surface area contributed by atoms with Crippen LogP contribution >= 0.6 is 0 Å². The number of hydrogen-bond acceptors (Lipinski definition) is 8. The maximum Gasteiger partial charge on any atom is 0.341 e. The van der Waals surface area contributed by atoms with Crippen LogP contribution in [0, 0.1) is 0 Å². The number of carbonyl (C=O) groups is 2. The van der Waals surface area contributed by atoms with Gasteiger partial charge in [-0.1, -0.05) is 12.1 Å². The molecule has 0 bridgehead atoms. The number of pyridine rings is 1. The summed E-state index contributed by atoms with van der Waals surface area (Å²) in [5, 5.41) is 2.59. The third-order valence-electron chi connectivity index (χ3n) is 4.71. The van der Waals surface area contributed by atoms with E-state index in [0.29, 0.717) is 16.7 Å². The first-order chi connectivity index (χ1) is 16.3. The average molecular weight is 478 g/mol. The van der Waals surface area contributed by atoms with Crippen LogP contribution in [0.3, 0.4) is 0 Å². The predicted octanol–water partition coefficient (Wildman–Crippen LogP) is 3.01. The molecule has 4 rings (SSSR count). The van der Waals surface area contributed by atoms with Crippen LogP contribution < -0.4 is 10.0 Å². The summed E-state index contributed by atoms with van der Waals surface area (Å²) < 4.78 is 32.6. The topological polar surface area (TPSA) is 140 Å². The normalized spacial score (nSPS) is 12.0. The molecule has 34 heavy (non-hydrogen) atoms. The van der Waals surface area contributed by atoms with Gasteiger partial charge in [0.25, 0.3) is 15.9 Å². The number of para-hydroxylation sites is 1. The molecule has 4 aromatic rings. The molecule has 0 aliphatic heterocycles. The summed E-state index contributed by atoms with van der Waals surface area (Å²) in [6, 6.07) is 15.3. The molecular formula is C23H19N5O5S. The number of amides is 1. The summed E-state index contributed by atoms with van der Waals surface area (Å²) in [7, 11) is -3.84. The molecule has 0 fully saturated rings. The first-order valence-electron chi connectivity index (χ1n) is 10.1. The highest BCUT2D eigenvalue weighted by Gasteiger charge is 2.21. The highest BCUT2D eigenvalue weighted by atomic mass is 32.2. The van der Waals surface area contributed by atoms with E-state index < -0.39 is 28.0 Å². The second kappa shape index (κ2) is 9.63. The molecule has 11 heteroatoms. The fraction of sp³-hybridized carbons (Fsp3) is 0.0870. The Kier molecular flexibility index (Phi) is 6.46. The van der Waals surface area contributed by atoms with Crippen molar-refractivity contribution in [3.05, 3.63) is 84.8 Å². The number of sulfonamides is 1. The third kappa shape index (κ3) is 5.15. The lowest BCUT2D eigenvalue weighted by atomic mass is 10.2. The van der Waals surface area contributed by atoms with E-state index in [4.69, 9.17) is 4.74 Å². The van der Waals surface area contributed by atoms with Gasteiger partial charge in [-0.15, -0.1) is 0 Å². The maximum atomic E-state index is 12.6. The summed E-state index contributed by atoms with van der Waals surface area (Å²) >= 11 is 0. The van der Waals surface area contributed by atoms with Gasteiger partial charge in [-0.2, -0.15) is 0 Å². The zero-order valence-electron chi connectivity index (χ0n) is 17.9. The third-order valence-corrected chi connectivity index (χ3v) is 6.08. The number of benzene rings is 2. The number of rotatable bonds is 7. The summed E-state index contributed by atoms with van der Waals surface area (Å²) in [6.45, 7) is 1.43. The lowest BCUT2D eigenvalue weighted by Gasteiger charge is -2.14. The highest BCUT2D eigenvalue weighted by molar-refractivity contribution is 7.92. The molecule has 0 radical (unpaired) electrons.